The van der Waals surface area contributed by atoms with Crippen molar-refractivity contribution >= 4 is 5.91 Å². The highest BCUT2D eigenvalue weighted by atomic mass is 16.1. The molecule has 1 N–H and O–H groups in total. The lowest BCUT2D eigenvalue weighted by atomic mass is 10.1. The monoisotopic (exact) mass is 127 g/mol. The van der Waals surface area contributed by atoms with Crippen molar-refractivity contribution in [1.29, 1.82) is 0 Å². The van der Waals surface area contributed by atoms with E-state index in [0.29, 0.717) is 0 Å². The van der Waals surface area contributed by atoms with Gasteiger partial charge in [0.25, 0.3) is 0 Å². The number of nitrogens with one attached hydrogen (secondary N) is 1. The summed E-state index contributed by atoms with van der Waals surface area (Å²) >= 11 is 0. The molecule has 1 aliphatic rings. The Balaban J connectivity index is 2.41. The second-order valence-corrected chi connectivity index (χ2v) is 2.69. The first-order chi connectivity index (χ1) is 4.30. The Kier molecular flexibility index (Phi) is 2.09. The first kappa shape index (κ1) is 6.59. The highest BCUT2D eigenvalue weighted by Gasteiger charge is 2.14. The van der Waals surface area contributed by atoms with E-state index in [0.717, 1.165) is 19.4 Å². The Morgan fingerprint density at radius 1 is 1.56 bits per heavy atom. The zero-order valence-corrected chi connectivity index (χ0v) is 5.81. The van der Waals surface area contributed by atoms with Crippen LogP contribution >= 0.6 is 0 Å². The zero-order chi connectivity index (χ0) is 6.69. The first-order valence-corrected chi connectivity index (χ1v) is 3.58. The van der Waals surface area contributed by atoms with E-state index in [1.165, 1.54) is 6.42 Å². The molecule has 0 bridgehead atoms. The minimum Gasteiger partial charge on any atom is -0.356 e. The molecule has 2 heteroatoms. The Labute approximate surface area is 55.6 Å². The van der Waals surface area contributed by atoms with Gasteiger partial charge in [-0.1, -0.05) is 13.3 Å². The summed E-state index contributed by atoms with van der Waals surface area (Å²) in [7, 11) is 0. The molecule has 9 heavy (non-hydrogen) atoms. The number of carbonyl (C=O) groups is 1. The molecule has 0 aromatic heterocycles. The fraction of sp³-hybridized carbons (Fsp3) is 0.857. The molecule has 52 valence electrons. The summed E-state index contributed by atoms with van der Waals surface area (Å²) in [5.74, 6) is 0.472. The SMILES string of the molecule is C[C@H]1CCCCNC1=O. The number of hydrogen-bond donors (Lipinski definition) is 1. The molecule has 0 aromatic rings. The van der Waals surface area contributed by atoms with Crippen LogP contribution in [-0.2, 0) is 4.79 Å². The third kappa shape index (κ3) is 1.70. The third-order valence-corrected chi connectivity index (χ3v) is 1.81. The Morgan fingerprint density at radius 2 is 2.33 bits per heavy atom. The van der Waals surface area contributed by atoms with Crippen molar-refractivity contribution in [2.45, 2.75) is 26.2 Å². The van der Waals surface area contributed by atoms with Gasteiger partial charge in [0.15, 0.2) is 0 Å². The van der Waals surface area contributed by atoms with Gasteiger partial charge in [0, 0.05) is 12.5 Å². The fourth-order valence-electron chi connectivity index (χ4n) is 1.09. The fourth-order valence-corrected chi connectivity index (χ4v) is 1.09. The van der Waals surface area contributed by atoms with E-state index in [1.54, 1.807) is 0 Å². The van der Waals surface area contributed by atoms with Crippen LogP contribution in [0.25, 0.3) is 0 Å². The largest absolute Gasteiger partial charge is 0.356 e. The molecule has 0 unspecified atom stereocenters. The first-order valence-electron chi connectivity index (χ1n) is 3.58. The van der Waals surface area contributed by atoms with Gasteiger partial charge in [-0.3, -0.25) is 4.79 Å². The molecule has 0 aliphatic carbocycles. The molecule has 0 aromatic carbocycles. The highest BCUT2D eigenvalue weighted by molar-refractivity contribution is 5.78. The van der Waals surface area contributed by atoms with Crippen LogP contribution in [0.3, 0.4) is 0 Å². The molecule has 1 aliphatic heterocycles. The number of amides is 1. The van der Waals surface area contributed by atoms with Gasteiger partial charge in [-0.25, -0.2) is 0 Å². The van der Waals surface area contributed by atoms with Crippen LogP contribution in [0.2, 0.25) is 0 Å². The molecule has 0 saturated carbocycles. The van der Waals surface area contributed by atoms with Crippen LogP contribution in [0, 0.1) is 5.92 Å². The van der Waals surface area contributed by atoms with Crippen LogP contribution in [-0.4, -0.2) is 12.5 Å². The molecule has 1 amide bonds. The Bertz CT molecular complexity index is 111. The summed E-state index contributed by atoms with van der Waals surface area (Å²) in [6, 6.07) is 0. The van der Waals surface area contributed by atoms with Gasteiger partial charge < -0.3 is 5.32 Å². The van der Waals surface area contributed by atoms with Crippen molar-refractivity contribution in [1.82, 2.24) is 5.32 Å². The van der Waals surface area contributed by atoms with Crippen molar-refractivity contribution < 1.29 is 4.79 Å². The maximum absolute atomic E-state index is 10.9. The van der Waals surface area contributed by atoms with Crippen LogP contribution < -0.4 is 5.32 Å². The van der Waals surface area contributed by atoms with Gasteiger partial charge in [-0.2, -0.15) is 0 Å². The van der Waals surface area contributed by atoms with Crippen molar-refractivity contribution in [3.8, 4) is 0 Å². The second-order valence-electron chi connectivity index (χ2n) is 2.69. The van der Waals surface area contributed by atoms with E-state index in [1.807, 2.05) is 6.92 Å². The Hall–Kier alpha value is -0.530. The molecular weight excluding hydrogens is 114 g/mol. The quantitative estimate of drug-likeness (QED) is 0.515. The predicted molar refractivity (Wildman–Crippen MR) is 36.0 cm³/mol. The van der Waals surface area contributed by atoms with Crippen molar-refractivity contribution in [3.63, 3.8) is 0 Å². The van der Waals surface area contributed by atoms with Gasteiger partial charge in [-0.15, -0.1) is 0 Å². The second kappa shape index (κ2) is 2.85. The smallest absolute Gasteiger partial charge is 0.222 e. The average molecular weight is 127 g/mol. The van der Waals surface area contributed by atoms with E-state index in [-0.39, 0.29) is 11.8 Å². The summed E-state index contributed by atoms with van der Waals surface area (Å²) in [6.45, 7) is 2.86. The van der Waals surface area contributed by atoms with Gasteiger partial charge in [-0.05, 0) is 12.8 Å². The lowest BCUT2D eigenvalue weighted by Gasteiger charge is -2.03. The van der Waals surface area contributed by atoms with E-state index in [9.17, 15) is 4.79 Å². The van der Waals surface area contributed by atoms with Gasteiger partial charge in [0.05, 0.1) is 0 Å². The Morgan fingerprint density at radius 3 is 3.11 bits per heavy atom. The maximum atomic E-state index is 10.9. The van der Waals surface area contributed by atoms with Gasteiger partial charge >= 0.3 is 0 Å². The molecule has 1 heterocycles. The van der Waals surface area contributed by atoms with E-state index in [2.05, 4.69) is 5.32 Å². The zero-order valence-electron chi connectivity index (χ0n) is 5.81. The highest BCUT2D eigenvalue weighted by Crippen LogP contribution is 2.10. The summed E-state index contributed by atoms with van der Waals surface area (Å²) < 4.78 is 0. The third-order valence-electron chi connectivity index (χ3n) is 1.81. The van der Waals surface area contributed by atoms with Crippen molar-refractivity contribution in [2.24, 2.45) is 5.92 Å². The normalized spacial score (nSPS) is 29.0. The number of rotatable bonds is 0. The predicted octanol–water partition coefficient (Wildman–Crippen LogP) is 0.923. The standard InChI is InChI=1S/C7H13NO/c1-6-4-2-3-5-8-7(6)9/h6H,2-5H2,1H3,(H,8,9)/t6-/m0/s1. The van der Waals surface area contributed by atoms with E-state index < -0.39 is 0 Å². The molecule has 1 atom stereocenters. The molecule has 2 nitrogen and oxygen atoms in total. The molecule has 0 radical (unpaired) electrons. The minimum absolute atomic E-state index is 0.229. The van der Waals surface area contributed by atoms with Crippen LogP contribution in [0.1, 0.15) is 26.2 Å². The molecule has 1 fully saturated rings. The van der Waals surface area contributed by atoms with E-state index >= 15 is 0 Å². The van der Waals surface area contributed by atoms with E-state index in [4.69, 9.17) is 0 Å². The molecule has 0 spiro atoms. The summed E-state index contributed by atoms with van der Waals surface area (Å²) in [6.07, 6.45) is 3.40. The van der Waals surface area contributed by atoms with Gasteiger partial charge in [0.2, 0.25) is 5.91 Å². The topological polar surface area (TPSA) is 29.1 Å². The number of carbonyl (C=O) groups excluding carboxylic acids is 1. The number of hydrogen-bond acceptors (Lipinski definition) is 1. The summed E-state index contributed by atoms with van der Waals surface area (Å²) in [5, 5.41) is 2.86. The van der Waals surface area contributed by atoms with Crippen LogP contribution in [0.15, 0.2) is 0 Å². The minimum atomic E-state index is 0.229. The van der Waals surface area contributed by atoms with Crippen molar-refractivity contribution in [2.75, 3.05) is 6.54 Å². The molecule has 1 rings (SSSR count). The molecule has 1 saturated heterocycles. The lowest BCUT2D eigenvalue weighted by molar-refractivity contribution is -0.124. The average Bonchev–Trinajstić information content (AvgIpc) is 1.99. The van der Waals surface area contributed by atoms with Gasteiger partial charge in [0.1, 0.15) is 0 Å². The summed E-state index contributed by atoms with van der Waals surface area (Å²) in [4.78, 5) is 10.9. The van der Waals surface area contributed by atoms with Crippen LogP contribution in [0.5, 0.6) is 0 Å². The maximum Gasteiger partial charge on any atom is 0.222 e. The lowest BCUT2D eigenvalue weighted by Crippen LogP contribution is -2.26. The van der Waals surface area contributed by atoms with Crippen LogP contribution in [0.4, 0.5) is 0 Å². The van der Waals surface area contributed by atoms with Crippen molar-refractivity contribution in [3.05, 3.63) is 0 Å². The summed E-state index contributed by atoms with van der Waals surface area (Å²) in [5.41, 5.74) is 0. The molecular formula is C7H13NO.